The van der Waals surface area contributed by atoms with Crippen molar-refractivity contribution >= 4 is 29.2 Å². The number of benzene rings is 1. The van der Waals surface area contributed by atoms with Gasteiger partial charge in [-0.2, -0.15) is 0 Å². The van der Waals surface area contributed by atoms with E-state index in [1.165, 1.54) is 0 Å². The Morgan fingerprint density at radius 1 is 1.18 bits per heavy atom. The van der Waals surface area contributed by atoms with Crippen molar-refractivity contribution in [1.82, 2.24) is 4.90 Å². The number of esters is 1. The number of allylic oxidation sites excluding steroid dienone is 3. The highest BCUT2D eigenvalue weighted by Gasteiger charge is 2.26. The van der Waals surface area contributed by atoms with Gasteiger partial charge in [0.25, 0.3) is 5.91 Å². The lowest BCUT2D eigenvalue weighted by molar-refractivity contribution is -0.137. The number of azide groups is 1. The molecule has 0 aromatic heterocycles. The summed E-state index contributed by atoms with van der Waals surface area (Å²) in [5, 5.41) is 28.3. The molecule has 1 aromatic carbocycles. The fraction of sp³-hybridized carbons (Fsp3) is 0.500. The Morgan fingerprint density at radius 3 is 2.71 bits per heavy atom. The second-order valence-electron chi connectivity index (χ2n) is 9.01. The number of piperidine rings is 1. The first-order valence-corrected chi connectivity index (χ1v) is 13.0. The molecule has 38 heavy (non-hydrogen) atoms. The number of rotatable bonds is 6. The third-order valence-corrected chi connectivity index (χ3v) is 6.65. The van der Waals surface area contributed by atoms with E-state index in [1.54, 1.807) is 11.0 Å². The highest BCUT2D eigenvalue weighted by atomic mass is 35.5. The molecule has 204 valence electrons. The van der Waals surface area contributed by atoms with E-state index in [0.29, 0.717) is 38.1 Å². The summed E-state index contributed by atoms with van der Waals surface area (Å²) >= 11 is 6.37. The number of fused-ring (bicyclic) bond motifs is 1. The number of cyclic esters (lactones) is 1. The summed E-state index contributed by atoms with van der Waals surface area (Å²) in [6, 6.07) is 0.973. The summed E-state index contributed by atoms with van der Waals surface area (Å²) in [6.45, 7) is 1.28. The topological polar surface area (TPSA) is 157 Å². The molecule has 0 spiro atoms. The summed E-state index contributed by atoms with van der Waals surface area (Å²) in [6.07, 6.45) is 11.8. The standard InChI is InChI=1S/C26H32ClN5O6/c27-25-20-15-18(30-37-17-23(35)32-13-7-4-8-14-32)9-5-2-1-3-6-10-19(11-12-29-31-28)38-26(36)24(20)21(33)16-22(25)34/h3,5-6,9,16,19,33-34H,1-2,4,7-8,10-15,17H2/b6-3+,9-5+,30-18?. The zero-order valence-corrected chi connectivity index (χ0v) is 21.8. The number of aromatic hydroxyl groups is 2. The molecule has 11 nitrogen and oxygen atoms in total. The highest BCUT2D eigenvalue weighted by Crippen LogP contribution is 2.37. The first-order valence-electron chi connectivity index (χ1n) is 12.6. The Hall–Kier alpha value is -3.69. The summed E-state index contributed by atoms with van der Waals surface area (Å²) in [5.74, 6) is -1.93. The van der Waals surface area contributed by atoms with E-state index >= 15 is 0 Å². The fourth-order valence-corrected chi connectivity index (χ4v) is 4.46. The van der Waals surface area contributed by atoms with E-state index < -0.39 is 23.6 Å². The molecule has 0 saturated carbocycles. The molecule has 1 aromatic rings. The van der Waals surface area contributed by atoms with Gasteiger partial charge in [-0.1, -0.05) is 40.1 Å². The molecule has 1 amide bonds. The normalized spacial score (nSPS) is 21.4. The summed E-state index contributed by atoms with van der Waals surface area (Å²) in [5.41, 5.74) is 8.80. The van der Waals surface area contributed by atoms with Gasteiger partial charge in [0.15, 0.2) is 6.61 Å². The maximum Gasteiger partial charge on any atom is 0.342 e. The number of carbonyl (C=O) groups is 2. The van der Waals surface area contributed by atoms with Gasteiger partial charge in [-0.05, 0) is 55.7 Å². The van der Waals surface area contributed by atoms with Crippen molar-refractivity contribution in [3.05, 3.63) is 57.0 Å². The molecule has 2 aliphatic rings. The quantitative estimate of drug-likeness (QED) is 0.125. The van der Waals surface area contributed by atoms with Crippen LogP contribution >= 0.6 is 11.6 Å². The van der Waals surface area contributed by atoms with Crippen LogP contribution in [-0.2, 0) is 20.8 Å². The largest absolute Gasteiger partial charge is 0.507 e. The van der Waals surface area contributed by atoms with Gasteiger partial charge >= 0.3 is 5.97 Å². The van der Waals surface area contributed by atoms with E-state index in [1.807, 2.05) is 18.2 Å². The Kier molecular flexibility index (Phi) is 11.3. The maximum atomic E-state index is 13.2. The SMILES string of the molecule is [N-]=[N+]=NCCC1C/C=C/CC/C=C/C(=NOCC(=O)N2CCCCC2)Cc2c(Cl)c(O)cc(O)c2C(=O)O1. The maximum absolute atomic E-state index is 13.2. The highest BCUT2D eigenvalue weighted by molar-refractivity contribution is 6.33. The molecule has 3 rings (SSSR count). The number of carbonyl (C=O) groups excluding carboxylic acids is 2. The van der Waals surface area contributed by atoms with E-state index in [4.69, 9.17) is 26.7 Å². The van der Waals surface area contributed by atoms with Crippen LogP contribution in [0.3, 0.4) is 0 Å². The van der Waals surface area contributed by atoms with Gasteiger partial charge in [0.1, 0.15) is 23.2 Å². The molecule has 12 heteroatoms. The van der Waals surface area contributed by atoms with Gasteiger partial charge < -0.3 is 24.7 Å². The van der Waals surface area contributed by atoms with Gasteiger partial charge in [0.05, 0.1) is 10.7 Å². The van der Waals surface area contributed by atoms with Crippen LogP contribution in [-0.4, -0.2) is 65.0 Å². The van der Waals surface area contributed by atoms with Gasteiger partial charge in [0.2, 0.25) is 0 Å². The number of halogens is 1. The molecule has 0 radical (unpaired) electrons. The molecule has 2 N–H and O–H groups in total. The van der Waals surface area contributed by atoms with Crippen LogP contribution in [0, 0.1) is 0 Å². The van der Waals surface area contributed by atoms with Crippen molar-refractivity contribution in [2.24, 2.45) is 10.3 Å². The molecule has 1 unspecified atom stereocenters. The van der Waals surface area contributed by atoms with E-state index in [2.05, 4.69) is 15.2 Å². The average molecular weight is 546 g/mol. The third kappa shape index (κ3) is 8.43. The minimum atomic E-state index is -0.847. The number of nitrogens with zero attached hydrogens (tertiary/aromatic N) is 5. The van der Waals surface area contributed by atoms with Gasteiger partial charge in [-0.25, -0.2) is 4.79 Å². The van der Waals surface area contributed by atoms with Crippen LogP contribution in [0.15, 0.2) is 40.6 Å². The molecule has 0 aliphatic carbocycles. The Labute approximate surface area is 226 Å². The molecule has 2 aliphatic heterocycles. The zero-order chi connectivity index (χ0) is 27.3. The Bertz CT molecular complexity index is 1140. The predicted octanol–water partition coefficient (Wildman–Crippen LogP) is 5.20. The van der Waals surface area contributed by atoms with Crippen molar-refractivity contribution < 1.29 is 29.4 Å². The monoisotopic (exact) mass is 545 g/mol. The van der Waals surface area contributed by atoms with Crippen LogP contribution < -0.4 is 0 Å². The van der Waals surface area contributed by atoms with Crippen LogP contribution in [0.4, 0.5) is 0 Å². The number of ether oxygens (including phenoxy) is 1. The molecular formula is C26H32ClN5O6. The summed E-state index contributed by atoms with van der Waals surface area (Å²) in [7, 11) is 0. The van der Waals surface area contributed by atoms with E-state index in [9.17, 15) is 19.8 Å². The number of hydrogen-bond acceptors (Lipinski definition) is 8. The van der Waals surface area contributed by atoms with Crippen LogP contribution in [0.2, 0.25) is 5.02 Å². The van der Waals surface area contributed by atoms with Crippen LogP contribution in [0.5, 0.6) is 11.5 Å². The lowest BCUT2D eigenvalue weighted by Crippen LogP contribution is -2.37. The third-order valence-electron chi connectivity index (χ3n) is 6.23. The number of amides is 1. The first-order chi connectivity index (χ1) is 18.4. The summed E-state index contributed by atoms with van der Waals surface area (Å²) in [4.78, 5) is 35.5. The van der Waals surface area contributed by atoms with E-state index in [-0.39, 0.29) is 48.0 Å². The lowest BCUT2D eigenvalue weighted by Gasteiger charge is -2.26. The van der Waals surface area contributed by atoms with Crippen molar-refractivity contribution in [1.29, 1.82) is 0 Å². The van der Waals surface area contributed by atoms with Crippen LogP contribution in [0.1, 0.15) is 60.9 Å². The average Bonchev–Trinajstić information content (AvgIpc) is 2.90. The molecule has 0 bridgehead atoms. The van der Waals surface area contributed by atoms with Crippen LogP contribution in [0.25, 0.3) is 10.4 Å². The number of likely N-dealkylation sites (tertiary alicyclic amines) is 1. The molecule has 1 atom stereocenters. The minimum Gasteiger partial charge on any atom is -0.507 e. The summed E-state index contributed by atoms with van der Waals surface area (Å²) < 4.78 is 5.65. The van der Waals surface area contributed by atoms with Crippen molar-refractivity contribution in [3.8, 4) is 11.5 Å². The predicted molar refractivity (Wildman–Crippen MR) is 142 cm³/mol. The van der Waals surface area contributed by atoms with Crippen molar-refractivity contribution in [2.75, 3.05) is 26.2 Å². The van der Waals surface area contributed by atoms with Gasteiger partial charge in [0, 0.05) is 43.5 Å². The molecule has 1 fully saturated rings. The number of oxime groups is 1. The lowest BCUT2D eigenvalue weighted by atomic mass is 9.99. The zero-order valence-electron chi connectivity index (χ0n) is 21.1. The fourth-order valence-electron chi connectivity index (χ4n) is 4.24. The van der Waals surface area contributed by atoms with Crippen molar-refractivity contribution in [2.45, 2.75) is 57.5 Å². The number of phenolic OH excluding ortho intramolecular Hbond substituents is 2. The molecule has 1 saturated heterocycles. The van der Waals surface area contributed by atoms with E-state index in [0.717, 1.165) is 25.3 Å². The first kappa shape index (κ1) is 28.9. The van der Waals surface area contributed by atoms with Crippen molar-refractivity contribution in [3.63, 3.8) is 0 Å². The number of phenols is 2. The Balaban J connectivity index is 1.89. The Morgan fingerprint density at radius 2 is 1.95 bits per heavy atom. The van der Waals surface area contributed by atoms with Gasteiger partial charge in [-0.3, -0.25) is 4.79 Å². The molecular weight excluding hydrogens is 514 g/mol. The smallest absolute Gasteiger partial charge is 0.342 e. The number of hydrogen-bond donors (Lipinski definition) is 2. The second kappa shape index (κ2) is 14.9. The second-order valence-corrected chi connectivity index (χ2v) is 9.39. The minimum absolute atomic E-state index is 0.0845. The van der Waals surface area contributed by atoms with Gasteiger partial charge in [-0.15, -0.1) is 0 Å². The molecule has 2 heterocycles.